The first kappa shape index (κ1) is 120. The van der Waals surface area contributed by atoms with Gasteiger partial charge in [0.1, 0.15) is 5.78 Å². The van der Waals surface area contributed by atoms with Crippen LogP contribution in [0, 0.1) is 40.4 Å². The molecule has 0 radical (unpaired) electrons. The van der Waals surface area contributed by atoms with E-state index in [1.54, 1.807) is 5.57 Å². The molecule has 0 aromatic heterocycles. The van der Waals surface area contributed by atoms with Gasteiger partial charge in [0.25, 0.3) is 0 Å². The van der Waals surface area contributed by atoms with Crippen molar-refractivity contribution in [3.8, 4) is 0 Å². The molecule has 45 heavy (non-hydrogen) atoms. The Balaban J connectivity index is -0.0000000217. The molecule has 2 heteroatoms. The van der Waals surface area contributed by atoms with Gasteiger partial charge >= 0.3 is 0 Å². The van der Waals surface area contributed by atoms with Crippen molar-refractivity contribution < 1.29 is 9.90 Å². The average molecular weight is 667 g/mol. The van der Waals surface area contributed by atoms with Crippen molar-refractivity contribution in [2.45, 2.75) is 228 Å². The van der Waals surface area contributed by atoms with Crippen LogP contribution in [-0.4, -0.2) is 17.5 Å². The molecule has 2 nitrogen and oxygen atoms in total. The van der Waals surface area contributed by atoms with Crippen LogP contribution < -0.4 is 0 Å². The Morgan fingerprint density at radius 3 is 1.44 bits per heavy atom. The second kappa shape index (κ2) is 43.4. The van der Waals surface area contributed by atoms with Crippen molar-refractivity contribution in [2.75, 3.05) is 6.61 Å². The molecule has 0 spiro atoms. The number of Topliss-reactive ketones (excluding diaryl/α,β-unsaturated/α-hetero) is 1. The third kappa shape index (κ3) is 18.5. The fraction of sp³-hybridized carbons (Fsp3) is 0.930. The van der Waals surface area contributed by atoms with Crippen LogP contribution >= 0.6 is 0 Å². The van der Waals surface area contributed by atoms with Gasteiger partial charge in [-0.15, -0.1) is 0 Å². The van der Waals surface area contributed by atoms with Crippen LogP contribution in [0.1, 0.15) is 228 Å². The molecule has 4 rings (SSSR count). The van der Waals surface area contributed by atoms with E-state index in [1.807, 2.05) is 6.92 Å². The molecule has 0 saturated heterocycles. The number of aliphatic hydroxyl groups excluding tert-OH is 1. The molecule has 3 fully saturated rings. The lowest BCUT2D eigenvalue weighted by atomic mass is 9.47. The Morgan fingerprint density at radius 2 is 1.07 bits per heavy atom. The number of carbonyl (C=O) groups excluding carboxylic acids is 1. The van der Waals surface area contributed by atoms with Crippen LogP contribution in [0.5, 0.6) is 0 Å². The number of allylic oxidation sites excluding steroid dienone is 2. The standard InChI is InChI=1S/C22H34O2.21CH4/c1-14(24)18-6-7-19-17-5-4-16-12-15(13-23)8-10-21(16,2)20(17)9-11-22(18,19)3;;;;;;;;;;;;;;;;;;;;;/h4,15,17-20,23H,5-13H2,1-3H3;21*1H4/t15?,17?,18-,19?,20?,21+,22-;;;;;;;;;;;;;;;;;;;;;/m1...................../s1. The second-order valence-corrected chi connectivity index (χ2v) is 9.84. The predicted octanol–water partition coefficient (Wildman–Crippen LogP) is 18.1. The highest BCUT2D eigenvalue weighted by atomic mass is 16.3. The summed E-state index contributed by atoms with van der Waals surface area (Å²) in [5.41, 5.74) is 2.28. The van der Waals surface area contributed by atoms with Gasteiger partial charge in [0.2, 0.25) is 0 Å². The number of hydrogen-bond donors (Lipinski definition) is 1. The highest BCUT2D eigenvalue weighted by Gasteiger charge is 2.59. The number of fused-ring (bicyclic) bond motifs is 5. The maximum Gasteiger partial charge on any atom is 0.133 e. The SMILES string of the molecule is C.C.C.C.C.C.C.C.C.C.C.C.C.C.C.C.C.C.C.C.C.CC(=O)[C@H]1CCC2C3CC=C4CC(CO)CC[C@]4(C)C3CC[C@@]21C. The molecular formula is C43H118O2. The molecule has 0 amide bonds. The summed E-state index contributed by atoms with van der Waals surface area (Å²) in [6.07, 6.45) is 12.3. The van der Waals surface area contributed by atoms with Crippen molar-refractivity contribution in [3.63, 3.8) is 0 Å². The van der Waals surface area contributed by atoms with Gasteiger partial charge in [-0.2, -0.15) is 0 Å². The maximum absolute atomic E-state index is 12.2. The van der Waals surface area contributed by atoms with E-state index in [0.29, 0.717) is 29.6 Å². The van der Waals surface area contributed by atoms with Crippen LogP contribution in [0.3, 0.4) is 0 Å². The molecular weight excluding hydrogens is 548 g/mol. The molecule has 0 aromatic rings. The van der Waals surface area contributed by atoms with Gasteiger partial charge in [0, 0.05) is 12.5 Å². The third-order valence-corrected chi connectivity index (χ3v) is 8.95. The number of carbonyl (C=O) groups is 1. The highest BCUT2D eigenvalue weighted by Crippen LogP contribution is 2.66. The molecule has 4 aliphatic carbocycles. The summed E-state index contributed by atoms with van der Waals surface area (Å²) in [4.78, 5) is 12.2. The van der Waals surface area contributed by atoms with Gasteiger partial charge in [0.05, 0.1) is 0 Å². The van der Waals surface area contributed by atoms with Gasteiger partial charge in [-0.25, -0.2) is 0 Å². The molecule has 1 N–H and O–H groups in total. The predicted molar refractivity (Wildman–Crippen MR) is 238 cm³/mol. The largest absolute Gasteiger partial charge is 0.396 e. The molecule has 0 bridgehead atoms. The molecule has 4 unspecified atom stereocenters. The van der Waals surface area contributed by atoms with Gasteiger partial charge in [-0.3, -0.25) is 4.79 Å². The maximum atomic E-state index is 12.2. The minimum Gasteiger partial charge on any atom is -0.396 e. The van der Waals surface area contributed by atoms with E-state index in [0.717, 1.165) is 30.6 Å². The zero-order chi connectivity index (χ0) is 17.1. The molecule has 0 heterocycles. The van der Waals surface area contributed by atoms with Crippen molar-refractivity contribution in [1.82, 2.24) is 0 Å². The topological polar surface area (TPSA) is 37.3 Å². The Labute approximate surface area is 301 Å². The van der Waals surface area contributed by atoms with E-state index in [9.17, 15) is 9.90 Å². The fourth-order valence-corrected chi connectivity index (χ4v) is 7.56. The van der Waals surface area contributed by atoms with Crippen LogP contribution in [0.2, 0.25) is 0 Å². The smallest absolute Gasteiger partial charge is 0.133 e. The van der Waals surface area contributed by atoms with Crippen molar-refractivity contribution in [3.05, 3.63) is 11.6 Å². The van der Waals surface area contributed by atoms with Gasteiger partial charge in [-0.05, 0) is 92.8 Å². The third-order valence-electron chi connectivity index (χ3n) is 8.95. The van der Waals surface area contributed by atoms with E-state index in [4.69, 9.17) is 0 Å². The monoisotopic (exact) mass is 667 g/mol. The summed E-state index contributed by atoms with van der Waals surface area (Å²) >= 11 is 0. The molecule has 0 aliphatic heterocycles. The van der Waals surface area contributed by atoms with Crippen LogP contribution in [0.15, 0.2) is 11.6 Å². The molecule has 4 aliphatic rings. The van der Waals surface area contributed by atoms with E-state index in [2.05, 4.69) is 19.9 Å². The second-order valence-electron chi connectivity index (χ2n) is 9.84. The zero-order valence-electron chi connectivity index (χ0n) is 15.7. The minimum absolute atomic E-state index is 0. The van der Waals surface area contributed by atoms with Crippen LogP contribution in [0.25, 0.3) is 0 Å². The van der Waals surface area contributed by atoms with Crippen molar-refractivity contribution in [2.24, 2.45) is 40.4 Å². The average Bonchev–Trinajstić information content (AvgIpc) is 2.91. The first-order valence-corrected chi connectivity index (χ1v) is 10.2. The zero-order valence-corrected chi connectivity index (χ0v) is 15.7. The number of hydrogen-bond acceptors (Lipinski definition) is 2. The number of ketones is 1. The van der Waals surface area contributed by atoms with Gasteiger partial charge in [0.15, 0.2) is 0 Å². The lowest BCUT2D eigenvalue weighted by Crippen LogP contribution is -2.50. The highest BCUT2D eigenvalue weighted by molar-refractivity contribution is 5.79. The Hall–Kier alpha value is -0.630. The minimum atomic E-state index is 0. The summed E-state index contributed by atoms with van der Waals surface area (Å²) in [5.74, 6) is 3.57. The number of rotatable bonds is 2. The molecule has 7 atom stereocenters. The lowest BCUT2D eigenvalue weighted by Gasteiger charge is -2.58. The van der Waals surface area contributed by atoms with Crippen molar-refractivity contribution >= 4 is 5.78 Å². The Bertz CT molecular complexity index is 566. The van der Waals surface area contributed by atoms with Gasteiger partial charge in [-0.1, -0.05) is 181 Å². The van der Waals surface area contributed by atoms with E-state index in [1.165, 1.54) is 38.5 Å². The summed E-state index contributed by atoms with van der Waals surface area (Å²) in [6, 6.07) is 0. The molecule has 0 aromatic carbocycles. The quantitative estimate of drug-likeness (QED) is 0.298. The fourth-order valence-electron chi connectivity index (χ4n) is 7.56. The lowest BCUT2D eigenvalue weighted by molar-refractivity contribution is -0.127. The molecule has 3 saturated carbocycles. The molecule has 302 valence electrons. The summed E-state index contributed by atoms with van der Waals surface area (Å²) < 4.78 is 0. The van der Waals surface area contributed by atoms with Crippen molar-refractivity contribution in [1.29, 1.82) is 0 Å². The summed E-state index contributed by atoms with van der Waals surface area (Å²) in [5, 5.41) is 9.58. The number of aliphatic hydroxyl groups is 1. The first-order chi connectivity index (χ1) is 11.4. The van der Waals surface area contributed by atoms with Crippen LogP contribution in [-0.2, 0) is 4.79 Å². The Kier molecular flexibility index (Phi) is 116. The van der Waals surface area contributed by atoms with Gasteiger partial charge < -0.3 is 5.11 Å². The summed E-state index contributed by atoms with van der Waals surface area (Å²) in [6.45, 7) is 7.11. The first-order valence-electron chi connectivity index (χ1n) is 10.2. The summed E-state index contributed by atoms with van der Waals surface area (Å²) in [7, 11) is 0. The van der Waals surface area contributed by atoms with E-state index in [-0.39, 0.29) is 161 Å². The normalized spacial score (nSPS) is 26.9. The Morgan fingerprint density at radius 1 is 0.644 bits per heavy atom. The van der Waals surface area contributed by atoms with Crippen LogP contribution in [0.4, 0.5) is 0 Å². The van der Waals surface area contributed by atoms with E-state index >= 15 is 0 Å². The van der Waals surface area contributed by atoms with E-state index < -0.39 is 0 Å².